The second kappa shape index (κ2) is 6.99. The van der Waals surface area contributed by atoms with Crippen molar-refractivity contribution in [3.63, 3.8) is 0 Å². The highest BCUT2D eigenvalue weighted by molar-refractivity contribution is 9.10. The Balaban J connectivity index is 2.70. The van der Waals surface area contributed by atoms with Crippen LogP contribution in [0.25, 0.3) is 0 Å². The summed E-state index contributed by atoms with van der Waals surface area (Å²) in [5.74, 6) is 1.43. The third kappa shape index (κ3) is 4.30. The van der Waals surface area contributed by atoms with Gasteiger partial charge in [0.25, 0.3) is 0 Å². The predicted octanol–water partition coefficient (Wildman–Crippen LogP) is 2.53. The fourth-order valence-corrected chi connectivity index (χ4v) is 2.13. The van der Waals surface area contributed by atoms with Gasteiger partial charge in [0, 0.05) is 29.2 Å². The predicted molar refractivity (Wildman–Crippen MR) is 75.2 cm³/mol. The summed E-state index contributed by atoms with van der Waals surface area (Å²) < 4.78 is 6.39. The summed E-state index contributed by atoms with van der Waals surface area (Å²) in [6.07, 6.45) is 0. The highest BCUT2D eigenvalue weighted by Crippen LogP contribution is 2.23. The van der Waals surface area contributed by atoms with Crippen LogP contribution in [0.15, 0.2) is 22.7 Å². The minimum atomic E-state index is 0.332. The van der Waals surface area contributed by atoms with Gasteiger partial charge in [-0.3, -0.25) is 0 Å². The van der Waals surface area contributed by atoms with Crippen LogP contribution in [0.4, 0.5) is 0 Å². The van der Waals surface area contributed by atoms with Crippen LogP contribution in [-0.4, -0.2) is 19.7 Å². The first-order valence-electron chi connectivity index (χ1n) is 5.84. The van der Waals surface area contributed by atoms with Crippen LogP contribution < -0.4 is 15.8 Å². The normalized spacial score (nSPS) is 12.8. The highest BCUT2D eigenvalue weighted by atomic mass is 79.9. The first-order chi connectivity index (χ1) is 8.08. The van der Waals surface area contributed by atoms with E-state index in [0.29, 0.717) is 18.5 Å². The van der Waals surface area contributed by atoms with E-state index < -0.39 is 0 Å². The maximum absolute atomic E-state index is 5.74. The molecule has 3 N–H and O–H groups in total. The molecule has 0 saturated heterocycles. The molecule has 0 aliphatic carbocycles. The number of ether oxygens (including phenoxy) is 1. The molecule has 0 heterocycles. The number of rotatable bonds is 6. The molecule has 1 rings (SSSR count). The summed E-state index contributed by atoms with van der Waals surface area (Å²) in [6, 6.07) is 6.34. The third-order valence-electron chi connectivity index (χ3n) is 2.86. The van der Waals surface area contributed by atoms with Crippen molar-refractivity contribution in [3.8, 4) is 5.75 Å². The van der Waals surface area contributed by atoms with Crippen molar-refractivity contribution in [3.05, 3.63) is 28.2 Å². The van der Waals surface area contributed by atoms with E-state index in [-0.39, 0.29) is 0 Å². The minimum Gasteiger partial charge on any atom is -0.496 e. The van der Waals surface area contributed by atoms with Crippen molar-refractivity contribution >= 4 is 15.9 Å². The molecule has 1 atom stereocenters. The molecular formula is C13H21BrN2O. The number of hydrogen-bond acceptors (Lipinski definition) is 3. The van der Waals surface area contributed by atoms with E-state index in [1.807, 2.05) is 12.1 Å². The lowest BCUT2D eigenvalue weighted by atomic mass is 10.0. The van der Waals surface area contributed by atoms with Gasteiger partial charge in [0.2, 0.25) is 0 Å². The summed E-state index contributed by atoms with van der Waals surface area (Å²) in [5.41, 5.74) is 6.88. The molecule has 17 heavy (non-hydrogen) atoms. The summed E-state index contributed by atoms with van der Waals surface area (Å²) in [5, 5.41) is 3.46. The molecule has 1 aromatic rings. The molecule has 0 aromatic heterocycles. The Kier molecular flexibility index (Phi) is 5.95. The number of benzene rings is 1. The molecular weight excluding hydrogens is 280 g/mol. The van der Waals surface area contributed by atoms with Crippen LogP contribution in [0.1, 0.15) is 19.4 Å². The van der Waals surface area contributed by atoms with Crippen LogP contribution in [0, 0.1) is 5.92 Å². The number of halogens is 1. The van der Waals surface area contributed by atoms with Gasteiger partial charge in [-0.1, -0.05) is 29.8 Å². The fraction of sp³-hybridized carbons (Fsp3) is 0.538. The third-order valence-corrected chi connectivity index (χ3v) is 3.35. The van der Waals surface area contributed by atoms with Crippen LogP contribution in [0.2, 0.25) is 0 Å². The lowest BCUT2D eigenvalue weighted by molar-refractivity contribution is 0.386. The van der Waals surface area contributed by atoms with E-state index in [0.717, 1.165) is 22.3 Å². The van der Waals surface area contributed by atoms with Gasteiger partial charge in [0.15, 0.2) is 0 Å². The number of hydrogen-bond donors (Lipinski definition) is 2. The highest BCUT2D eigenvalue weighted by Gasteiger charge is 2.11. The largest absolute Gasteiger partial charge is 0.496 e. The van der Waals surface area contributed by atoms with Crippen molar-refractivity contribution in [2.75, 3.05) is 13.7 Å². The monoisotopic (exact) mass is 300 g/mol. The zero-order valence-corrected chi connectivity index (χ0v) is 12.3. The zero-order valence-electron chi connectivity index (χ0n) is 10.7. The minimum absolute atomic E-state index is 0.332. The second-order valence-corrected chi connectivity index (χ2v) is 5.34. The van der Waals surface area contributed by atoms with Gasteiger partial charge in [-0.05, 0) is 24.1 Å². The topological polar surface area (TPSA) is 47.3 Å². The first kappa shape index (κ1) is 14.5. The van der Waals surface area contributed by atoms with Gasteiger partial charge in [0.05, 0.1) is 7.11 Å². The molecule has 0 aliphatic rings. The van der Waals surface area contributed by atoms with Crippen molar-refractivity contribution in [2.45, 2.75) is 26.4 Å². The van der Waals surface area contributed by atoms with Crippen molar-refractivity contribution < 1.29 is 4.74 Å². The van der Waals surface area contributed by atoms with E-state index in [4.69, 9.17) is 10.5 Å². The Morgan fingerprint density at radius 2 is 2.12 bits per heavy atom. The number of nitrogens with two attached hydrogens (primary N) is 1. The molecule has 0 bridgehead atoms. The van der Waals surface area contributed by atoms with Crippen molar-refractivity contribution in [2.24, 2.45) is 11.7 Å². The Labute approximate surface area is 112 Å². The van der Waals surface area contributed by atoms with Gasteiger partial charge in [-0.2, -0.15) is 0 Å². The molecule has 96 valence electrons. The summed E-state index contributed by atoms with van der Waals surface area (Å²) >= 11 is 3.47. The maximum Gasteiger partial charge on any atom is 0.123 e. The zero-order chi connectivity index (χ0) is 12.8. The van der Waals surface area contributed by atoms with Gasteiger partial charge in [-0.15, -0.1) is 0 Å². The molecule has 4 heteroatoms. The average Bonchev–Trinajstić information content (AvgIpc) is 2.29. The molecule has 0 fully saturated rings. The fourth-order valence-electron chi connectivity index (χ4n) is 1.72. The van der Waals surface area contributed by atoms with Crippen LogP contribution in [0.3, 0.4) is 0 Å². The lowest BCUT2D eigenvalue weighted by Gasteiger charge is -2.21. The molecule has 0 radical (unpaired) electrons. The standard InChI is InChI=1S/C13H21BrN2O/c1-9(2)12(7-15)16-8-10-6-11(14)4-5-13(10)17-3/h4-6,9,12,16H,7-8,15H2,1-3H3. The van der Waals surface area contributed by atoms with E-state index in [1.165, 1.54) is 0 Å². The average molecular weight is 301 g/mol. The van der Waals surface area contributed by atoms with Crippen molar-refractivity contribution in [1.29, 1.82) is 0 Å². The van der Waals surface area contributed by atoms with Gasteiger partial charge < -0.3 is 15.8 Å². The molecule has 3 nitrogen and oxygen atoms in total. The van der Waals surface area contributed by atoms with Gasteiger partial charge >= 0.3 is 0 Å². The van der Waals surface area contributed by atoms with Crippen LogP contribution in [-0.2, 0) is 6.54 Å². The Morgan fingerprint density at radius 1 is 1.41 bits per heavy atom. The molecule has 0 aliphatic heterocycles. The molecule has 1 unspecified atom stereocenters. The molecule has 1 aromatic carbocycles. The Morgan fingerprint density at radius 3 is 2.65 bits per heavy atom. The molecule has 0 saturated carbocycles. The maximum atomic E-state index is 5.74. The van der Waals surface area contributed by atoms with E-state index in [9.17, 15) is 0 Å². The first-order valence-corrected chi connectivity index (χ1v) is 6.63. The SMILES string of the molecule is COc1ccc(Br)cc1CNC(CN)C(C)C. The number of methoxy groups -OCH3 is 1. The van der Waals surface area contributed by atoms with Gasteiger partial charge in [0.1, 0.15) is 5.75 Å². The van der Waals surface area contributed by atoms with Gasteiger partial charge in [-0.25, -0.2) is 0 Å². The summed E-state index contributed by atoms with van der Waals surface area (Å²) in [6.45, 7) is 5.75. The van der Waals surface area contributed by atoms with Crippen molar-refractivity contribution in [1.82, 2.24) is 5.32 Å². The van der Waals surface area contributed by atoms with E-state index >= 15 is 0 Å². The molecule has 0 amide bonds. The summed E-state index contributed by atoms with van der Waals surface area (Å²) in [4.78, 5) is 0. The summed E-state index contributed by atoms with van der Waals surface area (Å²) in [7, 11) is 1.69. The smallest absolute Gasteiger partial charge is 0.123 e. The Hall–Kier alpha value is -0.580. The van der Waals surface area contributed by atoms with E-state index in [1.54, 1.807) is 7.11 Å². The Bertz CT molecular complexity index is 355. The van der Waals surface area contributed by atoms with Crippen LogP contribution >= 0.6 is 15.9 Å². The number of nitrogens with one attached hydrogen (secondary N) is 1. The lowest BCUT2D eigenvalue weighted by Crippen LogP contribution is -2.39. The van der Waals surface area contributed by atoms with Crippen LogP contribution in [0.5, 0.6) is 5.75 Å². The molecule has 0 spiro atoms. The quantitative estimate of drug-likeness (QED) is 0.849. The second-order valence-electron chi connectivity index (χ2n) is 4.42. The van der Waals surface area contributed by atoms with E-state index in [2.05, 4.69) is 41.2 Å².